The van der Waals surface area contributed by atoms with E-state index in [1.807, 2.05) is 5.32 Å². The summed E-state index contributed by atoms with van der Waals surface area (Å²) in [5.41, 5.74) is -2.58. The molecule has 0 amide bonds. The van der Waals surface area contributed by atoms with Gasteiger partial charge in [0.1, 0.15) is 17.7 Å². The van der Waals surface area contributed by atoms with E-state index < -0.39 is 39.3 Å². The predicted octanol–water partition coefficient (Wildman–Crippen LogP) is 2.36. The van der Waals surface area contributed by atoms with E-state index in [-0.39, 0.29) is 6.07 Å². The summed E-state index contributed by atoms with van der Waals surface area (Å²) in [4.78, 5) is 9.44. The molecule has 0 aliphatic heterocycles. The third-order valence-electron chi connectivity index (χ3n) is 1.94. The normalized spacial score (nSPS) is 9.11. The van der Waals surface area contributed by atoms with Gasteiger partial charge in [0.05, 0.1) is 11.0 Å². The maximum Gasteiger partial charge on any atom is 0.298 e. The lowest BCUT2D eigenvalue weighted by Crippen LogP contribution is -2.04. The number of allylic oxidation sites excluding steroid dienone is 1. The topological polar surface area (TPSA) is 103 Å². The molecule has 0 fully saturated rings. The second-order valence-corrected chi connectivity index (χ2v) is 3.06. The van der Waals surface area contributed by atoms with Crippen molar-refractivity contribution in [3.8, 4) is 12.1 Å². The number of nitro benzene ring substituents is 1. The quantitative estimate of drug-likeness (QED) is 0.392. The third kappa shape index (κ3) is 2.79. The summed E-state index contributed by atoms with van der Waals surface area (Å²) < 4.78 is 39.2. The smallest absolute Gasteiger partial charge is 0.298 e. The van der Waals surface area contributed by atoms with Gasteiger partial charge in [-0.2, -0.15) is 10.5 Å². The van der Waals surface area contributed by atoms with E-state index in [0.717, 1.165) is 0 Å². The van der Waals surface area contributed by atoms with E-state index in [2.05, 4.69) is 0 Å². The maximum absolute atomic E-state index is 13.4. The molecule has 1 rings (SSSR count). The van der Waals surface area contributed by atoms with Crippen LogP contribution < -0.4 is 5.32 Å². The molecule has 0 saturated heterocycles. The second kappa shape index (κ2) is 5.51. The van der Waals surface area contributed by atoms with Crippen LogP contribution in [-0.2, 0) is 0 Å². The van der Waals surface area contributed by atoms with Gasteiger partial charge in [-0.1, -0.05) is 0 Å². The molecular formula is C10H3F3N4O2. The predicted molar refractivity (Wildman–Crippen MR) is 55.9 cm³/mol. The monoisotopic (exact) mass is 268 g/mol. The van der Waals surface area contributed by atoms with Crippen LogP contribution in [0.1, 0.15) is 0 Å². The molecule has 96 valence electrons. The average Bonchev–Trinajstić information content (AvgIpc) is 2.38. The Hall–Kier alpha value is -3.07. The van der Waals surface area contributed by atoms with Gasteiger partial charge in [0.15, 0.2) is 23.1 Å². The van der Waals surface area contributed by atoms with Crippen molar-refractivity contribution in [1.82, 2.24) is 0 Å². The number of nitro groups is 1. The van der Waals surface area contributed by atoms with E-state index in [0.29, 0.717) is 6.20 Å². The first kappa shape index (κ1) is 14.0. The van der Waals surface area contributed by atoms with Crippen molar-refractivity contribution in [2.75, 3.05) is 5.32 Å². The highest BCUT2D eigenvalue weighted by atomic mass is 19.2. The van der Waals surface area contributed by atoms with Crippen LogP contribution in [0.15, 0.2) is 17.8 Å². The van der Waals surface area contributed by atoms with Gasteiger partial charge in [-0.05, 0) is 0 Å². The van der Waals surface area contributed by atoms with Crippen LogP contribution in [0.2, 0.25) is 0 Å². The lowest BCUT2D eigenvalue weighted by molar-refractivity contribution is -0.384. The number of benzene rings is 1. The van der Waals surface area contributed by atoms with Crippen molar-refractivity contribution in [3.05, 3.63) is 45.4 Å². The van der Waals surface area contributed by atoms with Gasteiger partial charge in [-0.3, -0.25) is 10.1 Å². The fourth-order valence-electron chi connectivity index (χ4n) is 1.10. The molecule has 1 aromatic rings. The van der Waals surface area contributed by atoms with Gasteiger partial charge in [-0.15, -0.1) is 0 Å². The second-order valence-electron chi connectivity index (χ2n) is 3.06. The van der Waals surface area contributed by atoms with Crippen LogP contribution in [0.4, 0.5) is 24.5 Å². The number of rotatable bonds is 3. The Morgan fingerprint density at radius 1 is 1.32 bits per heavy atom. The fourth-order valence-corrected chi connectivity index (χ4v) is 1.10. The summed E-state index contributed by atoms with van der Waals surface area (Å²) in [6.07, 6.45) is 0.642. The van der Waals surface area contributed by atoms with Crippen LogP contribution in [0.5, 0.6) is 0 Å². The van der Waals surface area contributed by atoms with Gasteiger partial charge in [0.2, 0.25) is 0 Å². The molecule has 9 heteroatoms. The van der Waals surface area contributed by atoms with Crippen molar-refractivity contribution in [2.24, 2.45) is 0 Å². The molecule has 6 nitrogen and oxygen atoms in total. The highest BCUT2D eigenvalue weighted by molar-refractivity contribution is 5.65. The zero-order chi connectivity index (χ0) is 14.6. The zero-order valence-electron chi connectivity index (χ0n) is 8.95. The minimum Gasteiger partial charge on any atom is -0.352 e. The number of nitriles is 2. The van der Waals surface area contributed by atoms with Crippen molar-refractivity contribution in [1.29, 1.82) is 10.5 Å². The van der Waals surface area contributed by atoms with E-state index >= 15 is 0 Å². The van der Waals surface area contributed by atoms with Gasteiger partial charge in [-0.25, -0.2) is 13.2 Å². The fraction of sp³-hybridized carbons (Fsp3) is 0. The van der Waals surface area contributed by atoms with Crippen LogP contribution in [0.25, 0.3) is 0 Å². The first-order chi connectivity index (χ1) is 8.92. The van der Waals surface area contributed by atoms with Gasteiger partial charge in [0, 0.05) is 6.20 Å². The number of hydrogen-bond acceptors (Lipinski definition) is 5. The zero-order valence-corrected chi connectivity index (χ0v) is 8.95. The Balaban J connectivity index is 3.39. The Morgan fingerprint density at radius 3 is 2.37 bits per heavy atom. The van der Waals surface area contributed by atoms with E-state index in [1.165, 1.54) is 12.1 Å². The largest absolute Gasteiger partial charge is 0.352 e. The molecule has 0 aliphatic carbocycles. The molecule has 0 radical (unpaired) electrons. The molecule has 0 unspecified atom stereocenters. The molecular weight excluding hydrogens is 265 g/mol. The van der Waals surface area contributed by atoms with Crippen LogP contribution in [0.3, 0.4) is 0 Å². The van der Waals surface area contributed by atoms with Crippen molar-refractivity contribution in [2.45, 2.75) is 0 Å². The van der Waals surface area contributed by atoms with E-state index in [4.69, 9.17) is 10.5 Å². The lowest BCUT2D eigenvalue weighted by Gasteiger charge is -2.05. The number of hydrogen-bond donors (Lipinski definition) is 1. The molecule has 0 aliphatic rings. The van der Waals surface area contributed by atoms with E-state index in [9.17, 15) is 23.3 Å². The number of nitrogens with zero attached hydrogens (tertiary/aromatic N) is 3. The summed E-state index contributed by atoms with van der Waals surface area (Å²) in [5.74, 6) is -5.45. The first-order valence-electron chi connectivity index (χ1n) is 4.51. The van der Waals surface area contributed by atoms with Crippen LogP contribution in [-0.4, -0.2) is 4.92 Å². The van der Waals surface area contributed by atoms with Gasteiger partial charge >= 0.3 is 0 Å². The Morgan fingerprint density at radius 2 is 1.89 bits per heavy atom. The Bertz CT molecular complexity index is 642. The molecule has 0 heterocycles. The average molecular weight is 268 g/mol. The molecule has 0 atom stereocenters. The molecule has 0 saturated carbocycles. The molecule has 0 aromatic heterocycles. The molecule has 0 bridgehead atoms. The van der Waals surface area contributed by atoms with Crippen LogP contribution in [0, 0.1) is 50.2 Å². The highest BCUT2D eigenvalue weighted by Crippen LogP contribution is 2.31. The number of halogens is 3. The SMILES string of the molecule is N#CC(C#N)=CNc1c([N+](=O)[O-])cc(F)c(F)c1F. The first-order valence-corrected chi connectivity index (χ1v) is 4.51. The summed E-state index contributed by atoms with van der Waals surface area (Å²) in [5, 5.41) is 29.3. The molecule has 1 aromatic carbocycles. The molecule has 0 spiro atoms. The highest BCUT2D eigenvalue weighted by Gasteiger charge is 2.25. The third-order valence-corrected chi connectivity index (χ3v) is 1.94. The summed E-state index contributed by atoms with van der Waals surface area (Å²) >= 11 is 0. The standard InChI is InChI=1S/C10H3F3N4O2/c11-6-1-7(17(18)19)10(9(13)8(6)12)16-4-5(2-14)3-15/h1,4,16H. The Kier molecular flexibility index (Phi) is 4.06. The maximum atomic E-state index is 13.4. The summed E-state index contributed by atoms with van der Waals surface area (Å²) in [6, 6.07) is 2.97. The number of nitrogens with one attached hydrogen (secondary N) is 1. The molecule has 19 heavy (non-hydrogen) atoms. The van der Waals surface area contributed by atoms with Crippen molar-refractivity contribution >= 4 is 11.4 Å². The Labute approximate surface area is 104 Å². The summed E-state index contributed by atoms with van der Waals surface area (Å²) in [7, 11) is 0. The van der Waals surface area contributed by atoms with Crippen molar-refractivity contribution in [3.63, 3.8) is 0 Å². The van der Waals surface area contributed by atoms with Gasteiger partial charge in [0.25, 0.3) is 5.69 Å². The summed E-state index contributed by atoms with van der Waals surface area (Å²) in [6.45, 7) is 0. The minimum atomic E-state index is -1.91. The van der Waals surface area contributed by atoms with E-state index in [1.54, 1.807) is 0 Å². The van der Waals surface area contributed by atoms with Gasteiger partial charge < -0.3 is 5.32 Å². The minimum absolute atomic E-state index is 0.188. The van der Waals surface area contributed by atoms with Crippen LogP contribution >= 0.6 is 0 Å². The lowest BCUT2D eigenvalue weighted by atomic mass is 10.2. The molecule has 1 N–H and O–H groups in total. The van der Waals surface area contributed by atoms with Crippen molar-refractivity contribution < 1.29 is 18.1 Å². The number of anilines is 1.